The number of halogens is 1. The second kappa shape index (κ2) is 7.43. The summed E-state index contributed by atoms with van der Waals surface area (Å²) in [7, 11) is 0. The highest BCUT2D eigenvalue weighted by Gasteiger charge is 2.29. The first-order chi connectivity index (χ1) is 13.1. The first-order valence-electron chi connectivity index (χ1n) is 9.37. The smallest absolute Gasteiger partial charge is 0.226 e. The first-order valence-corrected chi connectivity index (χ1v) is 9.37. The van der Waals surface area contributed by atoms with Crippen LogP contribution in [0.3, 0.4) is 0 Å². The molecule has 1 saturated heterocycles. The van der Waals surface area contributed by atoms with E-state index in [0.717, 1.165) is 60.0 Å². The van der Waals surface area contributed by atoms with Crippen LogP contribution in [-0.2, 0) is 6.42 Å². The van der Waals surface area contributed by atoms with Gasteiger partial charge in [0.15, 0.2) is 0 Å². The molecule has 0 aliphatic carbocycles. The first kappa shape index (κ1) is 17.6. The summed E-state index contributed by atoms with van der Waals surface area (Å²) >= 11 is 0. The maximum Gasteiger partial charge on any atom is 0.226 e. The lowest BCUT2D eigenvalue weighted by Crippen LogP contribution is -2.25. The van der Waals surface area contributed by atoms with Crippen molar-refractivity contribution in [2.45, 2.75) is 39.2 Å². The molecule has 1 aliphatic heterocycles. The maximum absolute atomic E-state index is 13.1. The van der Waals surface area contributed by atoms with Gasteiger partial charge in [0.05, 0.1) is 11.7 Å². The lowest BCUT2D eigenvalue weighted by atomic mass is 10.0. The number of pyridine rings is 1. The summed E-state index contributed by atoms with van der Waals surface area (Å²) < 4.78 is 13.1. The molecule has 1 atom stereocenters. The highest BCUT2D eigenvalue weighted by atomic mass is 19.1. The third kappa shape index (κ3) is 3.97. The molecule has 5 heteroatoms. The van der Waals surface area contributed by atoms with Crippen molar-refractivity contribution in [3.05, 3.63) is 82.7 Å². The van der Waals surface area contributed by atoms with E-state index in [1.165, 1.54) is 12.1 Å². The van der Waals surface area contributed by atoms with Gasteiger partial charge in [-0.3, -0.25) is 4.98 Å². The topological polar surface area (TPSA) is 41.9 Å². The number of aryl methyl sites for hydroxylation is 2. The van der Waals surface area contributed by atoms with Gasteiger partial charge in [-0.05, 0) is 68.5 Å². The lowest BCUT2D eigenvalue weighted by molar-refractivity contribution is 0.627. The predicted octanol–water partition coefficient (Wildman–Crippen LogP) is 4.56. The van der Waals surface area contributed by atoms with Crippen LogP contribution in [0.15, 0.2) is 48.7 Å². The zero-order chi connectivity index (χ0) is 18.8. The number of anilines is 1. The predicted molar refractivity (Wildman–Crippen MR) is 104 cm³/mol. The fraction of sp³-hybridized carbons (Fsp3) is 0.318. The van der Waals surface area contributed by atoms with E-state index in [-0.39, 0.29) is 11.9 Å². The second-order valence-corrected chi connectivity index (χ2v) is 7.20. The molecular weight excluding hydrogens is 339 g/mol. The van der Waals surface area contributed by atoms with Crippen LogP contribution < -0.4 is 4.90 Å². The zero-order valence-corrected chi connectivity index (χ0v) is 15.7. The molecule has 0 spiro atoms. The molecule has 3 aromatic rings. The van der Waals surface area contributed by atoms with Crippen LogP contribution in [0.25, 0.3) is 0 Å². The standard InChI is InChI=1S/C22H23FN4/c1-15-12-16(2)26-22(25-15)27-11-3-4-21(27)20-10-7-18(14-24-20)13-17-5-8-19(23)9-6-17/h5-10,12,14,21H,3-4,11,13H2,1-2H3/t21-/m0/s1. The van der Waals surface area contributed by atoms with Crippen molar-refractivity contribution in [1.29, 1.82) is 0 Å². The third-order valence-corrected chi connectivity index (χ3v) is 4.99. The number of benzene rings is 1. The average molecular weight is 362 g/mol. The molecule has 3 heterocycles. The summed E-state index contributed by atoms with van der Waals surface area (Å²) in [5.74, 6) is 0.592. The summed E-state index contributed by atoms with van der Waals surface area (Å²) in [4.78, 5) is 16.2. The van der Waals surface area contributed by atoms with Crippen LogP contribution in [0.4, 0.5) is 10.3 Å². The number of hydrogen-bond donors (Lipinski definition) is 0. The van der Waals surface area contributed by atoms with Crippen LogP contribution in [0.5, 0.6) is 0 Å². The number of rotatable bonds is 4. The fourth-order valence-corrected chi connectivity index (χ4v) is 3.72. The average Bonchev–Trinajstić information content (AvgIpc) is 3.13. The van der Waals surface area contributed by atoms with Crippen molar-refractivity contribution in [2.24, 2.45) is 0 Å². The maximum atomic E-state index is 13.1. The van der Waals surface area contributed by atoms with Crippen molar-refractivity contribution in [1.82, 2.24) is 15.0 Å². The van der Waals surface area contributed by atoms with Gasteiger partial charge < -0.3 is 4.90 Å². The minimum atomic E-state index is -0.206. The van der Waals surface area contributed by atoms with Gasteiger partial charge in [0.2, 0.25) is 5.95 Å². The SMILES string of the molecule is Cc1cc(C)nc(N2CCC[C@H]2c2ccc(Cc3ccc(F)cc3)cn2)n1. The Morgan fingerprint density at radius 2 is 1.70 bits per heavy atom. The number of hydrogen-bond acceptors (Lipinski definition) is 4. The van der Waals surface area contributed by atoms with Crippen molar-refractivity contribution in [3.63, 3.8) is 0 Å². The molecular formula is C22H23FN4. The van der Waals surface area contributed by atoms with Crippen molar-refractivity contribution >= 4 is 5.95 Å². The summed E-state index contributed by atoms with van der Waals surface area (Å²) in [5.41, 5.74) is 5.24. The molecule has 0 amide bonds. The molecule has 0 bridgehead atoms. The Morgan fingerprint density at radius 1 is 1.00 bits per heavy atom. The molecule has 0 unspecified atom stereocenters. The van der Waals surface area contributed by atoms with Gasteiger partial charge in [-0.2, -0.15) is 0 Å². The van der Waals surface area contributed by atoms with Gasteiger partial charge in [-0.25, -0.2) is 14.4 Å². The molecule has 0 N–H and O–H groups in total. The summed E-state index contributed by atoms with van der Waals surface area (Å²) in [6, 6.07) is 13.1. The van der Waals surface area contributed by atoms with Gasteiger partial charge in [0, 0.05) is 24.1 Å². The highest BCUT2D eigenvalue weighted by Crippen LogP contribution is 2.33. The van der Waals surface area contributed by atoms with E-state index in [0.29, 0.717) is 0 Å². The molecule has 4 nitrogen and oxygen atoms in total. The second-order valence-electron chi connectivity index (χ2n) is 7.20. The Bertz CT molecular complexity index is 902. The van der Waals surface area contributed by atoms with Crippen molar-refractivity contribution in [3.8, 4) is 0 Å². The van der Waals surface area contributed by atoms with E-state index in [2.05, 4.69) is 27.0 Å². The minimum Gasteiger partial charge on any atom is -0.332 e. The van der Waals surface area contributed by atoms with Crippen LogP contribution in [0.2, 0.25) is 0 Å². The third-order valence-electron chi connectivity index (χ3n) is 4.99. The molecule has 1 aliphatic rings. The molecule has 27 heavy (non-hydrogen) atoms. The fourth-order valence-electron chi connectivity index (χ4n) is 3.72. The summed E-state index contributed by atoms with van der Waals surface area (Å²) in [6.45, 7) is 4.96. The van der Waals surface area contributed by atoms with E-state index in [1.54, 1.807) is 0 Å². The van der Waals surface area contributed by atoms with Crippen molar-refractivity contribution in [2.75, 3.05) is 11.4 Å². The number of nitrogens with zero attached hydrogens (tertiary/aromatic N) is 4. The van der Waals surface area contributed by atoms with Crippen LogP contribution in [-0.4, -0.2) is 21.5 Å². The van der Waals surface area contributed by atoms with E-state index >= 15 is 0 Å². The molecule has 138 valence electrons. The normalized spacial score (nSPS) is 16.7. The Morgan fingerprint density at radius 3 is 2.37 bits per heavy atom. The number of aromatic nitrogens is 3. The largest absolute Gasteiger partial charge is 0.332 e. The van der Waals surface area contributed by atoms with Crippen LogP contribution in [0.1, 0.15) is 47.1 Å². The van der Waals surface area contributed by atoms with Gasteiger partial charge in [-0.15, -0.1) is 0 Å². The molecule has 2 aromatic heterocycles. The zero-order valence-electron chi connectivity index (χ0n) is 15.7. The summed E-state index contributed by atoms with van der Waals surface area (Å²) in [6.07, 6.45) is 4.85. The molecule has 0 saturated carbocycles. The Hall–Kier alpha value is -2.82. The van der Waals surface area contributed by atoms with Crippen LogP contribution >= 0.6 is 0 Å². The Balaban J connectivity index is 1.53. The van der Waals surface area contributed by atoms with Gasteiger partial charge in [-0.1, -0.05) is 18.2 Å². The van der Waals surface area contributed by atoms with Gasteiger partial charge in [0.1, 0.15) is 5.82 Å². The Labute approximate surface area is 159 Å². The van der Waals surface area contributed by atoms with Crippen LogP contribution in [0, 0.1) is 19.7 Å². The van der Waals surface area contributed by atoms with E-state index in [1.807, 2.05) is 38.2 Å². The molecule has 1 fully saturated rings. The minimum absolute atomic E-state index is 0.206. The monoisotopic (exact) mass is 362 g/mol. The van der Waals surface area contributed by atoms with Gasteiger partial charge >= 0.3 is 0 Å². The molecule has 0 radical (unpaired) electrons. The van der Waals surface area contributed by atoms with Crippen molar-refractivity contribution < 1.29 is 4.39 Å². The van der Waals surface area contributed by atoms with Gasteiger partial charge in [0.25, 0.3) is 0 Å². The Kier molecular flexibility index (Phi) is 4.84. The lowest BCUT2D eigenvalue weighted by Gasteiger charge is -2.25. The summed E-state index contributed by atoms with van der Waals surface area (Å²) in [5, 5.41) is 0. The van der Waals surface area contributed by atoms with E-state index in [9.17, 15) is 4.39 Å². The molecule has 1 aromatic carbocycles. The molecule has 4 rings (SSSR count). The van der Waals surface area contributed by atoms with E-state index < -0.39 is 0 Å². The quantitative estimate of drug-likeness (QED) is 0.682. The highest BCUT2D eigenvalue weighted by molar-refractivity contribution is 5.38. The van der Waals surface area contributed by atoms with E-state index in [4.69, 9.17) is 4.98 Å².